The van der Waals surface area contributed by atoms with Gasteiger partial charge in [0.25, 0.3) is 0 Å². The van der Waals surface area contributed by atoms with Crippen molar-refractivity contribution in [3.63, 3.8) is 0 Å². The van der Waals surface area contributed by atoms with E-state index in [0.29, 0.717) is 12.0 Å². The maximum atomic E-state index is 2.60. The minimum atomic E-state index is 0.579. The van der Waals surface area contributed by atoms with Crippen molar-refractivity contribution < 1.29 is 0 Å². The lowest BCUT2D eigenvalue weighted by atomic mass is 9.98. The lowest BCUT2D eigenvalue weighted by Crippen LogP contribution is -2.36. The van der Waals surface area contributed by atoms with E-state index >= 15 is 0 Å². The Morgan fingerprint density at radius 3 is 1.57 bits per heavy atom. The van der Waals surface area contributed by atoms with Gasteiger partial charge in [-0.3, -0.25) is 4.90 Å². The molecular weight excluding hydrogens is 254 g/mol. The quantitative estimate of drug-likeness (QED) is 0.680. The van der Waals surface area contributed by atoms with E-state index in [1.54, 1.807) is 0 Å². The van der Waals surface area contributed by atoms with Crippen LogP contribution in [0.5, 0.6) is 0 Å². The second-order valence-electron chi connectivity index (χ2n) is 6.00. The third-order valence-corrected chi connectivity index (χ3v) is 4.50. The van der Waals surface area contributed by atoms with Crippen LogP contribution in [0.4, 0.5) is 0 Å². The molecule has 0 spiro atoms. The minimum Gasteiger partial charge on any atom is -0.292 e. The molecule has 2 atom stereocenters. The summed E-state index contributed by atoms with van der Waals surface area (Å²) in [5.74, 6) is 0.706. The lowest BCUT2D eigenvalue weighted by molar-refractivity contribution is 0.142. The molecule has 0 radical (unpaired) electrons. The van der Waals surface area contributed by atoms with Gasteiger partial charge in [-0.1, -0.05) is 80.9 Å². The van der Waals surface area contributed by atoms with Crippen LogP contribution in [0.2, 0.25) is 0 Å². The molecule has 0 N–H and O–H groups in total. The number of nitrogens with zero attached hydrogens (tertiary/aromatic N) is 1. The monoisotopic (exact) mass is 281 g/mol. The molecule has 0 aliphatic heterocycles. The predicted molar refractivity (Wildman–Crippen MR) is 91.0 cm³/mol. The van der Waals surface area contributed by atoms with Gasteiger partial charge < -0.3 is 0 Å². The highest BCUT2D eigenvalue weighted by molar-refractivity contribution is 5.17. The van der Waals surface area contributed by atoms with Crippen molar-refractivity contribution in [1.82, 2.24) is 4.90 Å². The van der Waals surface area contributed by atoms with Gasteiger partial charge in [0.1, 0.15) is 0 Å². The average molecular weight is 281 g/mol. The van der Waals surface area contributed by atoms with Gasteiger partial charge in [-0.25, -0.2) is 0 Å². The molecule has 21 heavy (non-hydrogen) atoms. The fourth-order valence-electron chi connectivity index (χ4n) is 2.68. The van der Waals surface area contributed by atoms with Gasteiger partial charge in [0.05, 0.1) is 0 Å². The molecule has 0 aliphatic carbocycles. The van der Waals surface area contributed by atoms with Crippen molar-refractivity contribution in [2.45, 2.75) is 46.3 Å². The summed E-state index contributed by atoms with van der Waals surface area (Å²) in [4.78, 5) is 2.60. The summed E-state index contributed by atoms with van der Waals surface area (Å²) in [6, 6.07) is 22.2. The maximum absolute atomic E-state index is 2.60. The molecule has 2 aromatic carbocycles. The SMILES string of the molecule is CCC(C)C(C)N(Cc1ccccc1)Cc1ccccc1. The highest BCUT2D eigenvalue weighted by Gasteiger charge is 2.19. The van der Waals surface area contributed by atoms with Crippen molar-refractivity contribution in [2.24, 2.45) is 5.92 Å². The highest BCUT2D eigenvalue weighted by atomic mass is 15.1. The van der Waals surface area contributed by atoms with E-state index in [2.05, 4.69) is 86.3 Å². The Hall–Kier alpha value is -1.60. The Morgan fingerprint density at radius 1 is 0.762 bits per heavy atom. The fraction of sp³-hybridized carbons (Fsp3) is 0.400. The van der Waals surface area contributed by atoms with E-state index < -0.39 is 0 Å². The lowest BCUT2D eigenvalue weighted by Gasteiger charge is -2.33. The first-order valence-electron chi connectivity index (χ1n) is 8.02. The Bertz CT molecular complexity index is 464. The molecule has 1 heteroatoms. The van der Waals surface area contributed by atoms with Crippen LogP contribution >= 0.6 is 0 Å². The van der Waals surface area contributed by atoms with E-state index in [0.717, 1.165) is 13.1 Å². The van der Waals surface area contributed by atoms with E-state index in [9.17, 15) is 0 Å². The van der Waals surface area contributed by atoms with Gasteiger partial charge in [0.15, 0.2) is 0 Å². The van der Waals surface area contributed by atoms with Crippen molar-refractivity contribution in [3.8, 4) is 0 Å². The summed E-state index contributed by atoms with van der Waals surface area (Å²) in [6.45, 7) is 9.03. The molecule has 0 aromatic heterocycles. The Balaban J connectivity index is 2.13. The second kappa shape index (κ2) is 7.99. The largest absolute Gasteiger partial charge is 0.292 e. The number of benzene rings is 2. The summed E-state index contributed by atoms with van der Waals surface area (Å²) in [7, 11) is 0. The summed E-state index contributed by atoms with van der Waals surface area (Å²) in [5.41, 5.74) is 2.78. The van der Waals surface area contributed by atoms with Gasteiger partial charge in [0, 0.05) is 19.1 Å². The molecule has 0 aliphatic rings. The van der Waals surface area contributed by atoms with Gasteiger partial charge in [0.2, 0.25) is 0 Å². The van der Waals surface area contributed by atoms with Crippen LogP contribution in [0.25, 0.3) is 0 Å². The standard InChI is InChI=1S/C20H27N/c1-4-17(2)18(3)21(15-19-11-7-5-8-12-19)16-20-13-9-6-10-14-20/h5-14,17-18H,4,15-16H2,1-3H3. The Labute approximate surface area is 129 Å². The minimum absolute atomic E-state index is 0.579. The third kappa shape index (κ3) is 4.71. The van der Waals surface area contributed by atoms with Crippen molar-refractivity contribution in [2.75, 3.05) is 0 Å². The molecular formula is C20H27N. The van der Waals surface area contributed by atoms with Crippen LogP contribution in [0.15, 0.2) is 60.7 Å². The van der Waals surface area contributed by atoms with E-state index in [-0.39, 0.29) is 0 Å². The number of hydrogen-bond donors (Lipinski definition) is 0. The number of rotatable bonds is 7. The first kappa shape index (κ1) is 15.8. The van der Waals surface area contributed by atoms with Gasteiger partial charge in [-0.15, -0.1) is 0 Å². The van der Waals surface area contributed by atoms with Crippen molar-refractivity contribution >= 4 is 0 Å². The van der Waals surface area contributed by atoms with Crippen LogP contribution in [0.1, 0.15) is 38.3 Å². The van der Waals surface area contributed by atoms with E-state index in [1.807, 2.05) is 0 Å². The van der Waals surface area contributed by atoms with Gasteiger partial charge in [-0.2, -0.15) is 0 Å². The second-order valence-corrected chi connectivity index (χ2v) is 6.00. The van der Waals surface area contributed by atoms with E-state index in [1.165, 1.54) is 17.5 Å². The molecule has 0 fully saturated rings. The van der Waals surface area contributed by atoms with E-state index in [4.69, 9.17) is 0 Å². The van der Waals surface area contributed by atoms with Crippen LogP contribution < -0.4 is 0 Å². The molecule has 2 aromatic rings. The number of hydrogen-bond acceptors (Lipinski definition) is 1. The maximum Gasteiger partial charge on any atom is 0.0240 e. The average Bonchev–Trinajstić information content (AvgIpc) is 2.54. The first-order valence-corrected chi connectivity index (χ1v) is 8.02. The Kier molecular flexibility index (Phi) is 6.01. The van der Waals surface area contributed by atoms with Crippen molar-refractivity contribution in [3.05, 3.63) is 71.8 Å². The smallest absolute Gasteiger partial charge is 0.0240 e. The van der Waals surface area contributed by atoms with Gasteiger partial charge in [-0.05, 0) is 24.0 Å². The molecule has 0 bridgehead atoms. The molecule has 2 unspecified atom stereocenters. The summed E-state index contributed by atoms with van der Waals surface area (Å²) in [6.07, 6.45) is 1.22. The molecule has 0 saturated heterocycles. The van der Waals surface area contributed by atoms with Crippen LogP contribution in [0, 0.1) is 5.92 Å². The molecule has 112 valence electrons. The third-order valence-electron chi connectivity index (χ3n) is 4.50. The summed E-state index contributed by atoms with van der Waals surface area (Å²) < 4.78 is 0. The summed E-state index contributed by atoms with van der Waals surface area (Å²) in [5, 5.41) is 0. The molecule has 0 amide bonds. The van der Waals surface area contributed by atoms with Crippen LogP contribution in [0.3, 0.4) is 0 Å². The van der Waals surface area contributed by atoms with Crippen molar-refractivity contribution in [1.29, 1.82) is 0 Å². The molecule has 0 saturated carbocycles. The highest BCUT2D eigenvalue weighted by Crippen LogP contribution is 2.20. The topological polar surface area (TPSA) is 3.24 Å². The zero-order valence-electron chi connectivity index (χ0n) is 13.5. The molecule has 2 rings (SSSR count). The zero-order valence-corrected chi connectivity index (χ0v) is 13.5. The van der Waals surface area contributed by atoms with Crippen LogP contribution in [-0.2, 0) is 13.1 Å². The predicted octanol–water partition coefficient (Wildman–Crippen LogP) is 5.12. The van der Waals surface area contributed by atoms with Gasteiger partial charge >= 0.3 is 0 Å². The zero-order chi connectivity index (χ0) is 15.1. The molecule has 0 heterocycles. The van der Waals surface area contributed by atoms with Crippen LogP contribution in [-0.4, -0.2) is 10.9 Å². The molecule has 1 nitrogen and oxygen atoms in total. The summed E-state index contributed by atoms with van der Waals surface area (Å²) >= 11 is 0. The Morgan fingerprint density at radius 2 is 1.19 bits per heavy atom. The fourth-order valence-corrected chi connectivity index (χ4v) is 2.68. The first-order chi connectivity index (χ1) is 10.2. The normalized spacial score (nSPS) is 14.1.